The molecule has 18 heavy (non-hydrogen) atoms. The summed E-state index contributed by atoms with van der Waals surface area (Å²) in [6.07, 6.45) is 0. The van der Waals surface area contributed by atoms with Crippen molar-refractivity contribution >= 4 is 23.9 Å². The van der Waals surface area contributed by atoms with Gasteiger partial charge in [-0.15, -0.1) is 12.4 Å². The van der Waals surface area contributed by atoms with E-state index in [1.165, 1.54) is 11.1 Å². The van der Waals surface area contributed by atoms with E-state index >= 15 is 0 Å². The van der Waals surface area contributed by atoms with Crippen molar-refractivity contribution in [1.82, 2.24) is 9.97 Å². The van der Waals surface area contributed by atoms with Crippen LogP contribution in [0.3, 0.4) is 0 Å². The fourth-order valence-electron chi connectivity index (χ4n) is 1.81. The summed E-state index contributed by atoms with van der Waals surface area (Å²) in [5, 5.41) is 3.34. The lowest BCUT2D eigenvalue weighted by Crippen LogP contribution is -2.00. The zero-order valence-electron chi connectivity index (χ0n) is 11.1. The monoisotopic (exact) mass is 263 g/mol. The Kier molecular flexibility index (Phi) is 4.68. The highest BCUT2D eigenvalue weighted by Crippen LogP contribution is 2.21. The van der Waals surface area contributed by atoms with Gasteiger partial charge in [0.2, 0.25) is 0 Å². The largest absolute Gasteiger partial charge is 0.340 e. The molecule has 0 unspecified atom stereocenters. The molecule has 0 atom stereocenters. The number of rotatable bonds is 2. The molecule has 3 nitrogen and oxygen atoms in total. The molecule has 0 saturated carbocycles. The van der Waals surface area contributed by atoms with Gasteiger partial charge < -0.3 is 5.32 Å². The van der Waals surface area contributed by atoms with Gasteiger partial charge in [-0.1, -0.05) is 12.1 Å². The van der Waals surface area contributed by atoms with Gasteiger partial charge in [-0.3, -0.25) is 0 Å². The van der Waals surface area contributed by atoms with Gasteiger partial charge in [0.05, 0.1) is 0 Å². The number of nitrogens with one attached hydrogen (secondary N) is 1. The number of hydrogen-bond acceptors (Lipinski definition) is 3. The van der Waals surface area contributed by atoms with Gasteiger partial charge in [0.25, 0.3) is 0 Å². The van der Waals surface area contributed by atoms with E-state index in [9.17, 15) is 0 Å². The van der Waals surface area contributed by atoms with Crippen molar-refractivity contribution in [2.75, 3.05) is 5.32 Å². The average molecular weight is 264 g/mol. The molecule has 0 aliphatic rings. The quantitative estimate of drug-likeness (QED) is 0.894. The molecule has 1 heterocycles. The van der Waals surface area contributed by atoms with Crippen molar-refractivity contribution in [3.05, 3.63) is 46.9 Å². The van der Waals surface area contributed by atoms with Crippen LogP contribution in [0, 0.1) is 27.7 Å². The summed E-state index contributed by atoms with van der Waals surface area (Å²) < 4.78 is 0. The Morgan fingerprint density at radius 2 is 1.72 bits per heavy atom. The minimum atomic E-state index is 0. The number of aromatic nitrogens is 2. The molecule has 2 rings (SSSR count). The summed E-state index contributed by atoms with van der Waals surface area (Å²) in [6.45, 7) is 8.10. The molecule has 2 aromatic rings. The standard InChI is InChI=1S/C14H17N3.ClH/c1-9-6-5-7-13(11(9)3)17-14-8-10(2)15-12(4)16-14;/h5-8H,1-4H3,(H,15,16,17);1H. The lowest BCUT2D eigenvalue weighted by Gasteiger charge is -2.11. The smallest absolute Gasteiger partial charge is 0.134 e. The van der Waals surface area contributed by atoms with Crippen LogP contribution in [0.25, 0.3) is 0 Å². The fourth-order valence-corrected chi connectivity index (χ4v) is 1.81. The second-order valence-corrected chi connectivity index (χ2v) is 4.31. The summed E-state index contributed by atoms with van der Waals surface area (Å²) in [4.78, 5) is 8.64. The summed E-state index contributed by atoms with van der Waals surface area (Å²) in [5.74, 6) is 1.64. The molecule has 1 N–H and O–H groups in total. The Hall–Kier alpha value is -1.61. The molecule has 1 aromatic heterocycles. The number of anilines is 2. The van der Waals surface area contributed by atoms with Crippen molar-refractivity contribution in [2.24, 2.45) is 0 Å². The second-order valence-electron chi connectivity index (χ2n) is 4.31. The Morgan fingerprint density at radius 1 is 1.00 bits per heavy atom. The first-order valence-corrected chi connectivity index (χ1v) is 5.72. The van der Waals surface area contributed by atoms with Gasteiger partial charge in [0.15, 0.2) is 0 Å². The van der Waals surface area contributed by atoms with Crippen molar-refractivity contribution in [3.63, 3.8) is 0 Å². The Morgan fingerprint density at radius 3 is 2.39 bits per heavy atom. The number of benzene rings is 1. The minimum absolute atomic E-state index is 0. The van der Waals surface area contributed by atoms with Crippen molar-refractivity contribution in [2.45, 2.75) is 27.7 Å². The zero-order valence-corrected chi connectivity index (χ0v) is 11.9. The van der Waals surface area contributed by atoms with E-state index in [1.807, 2.05) is 26.0 Å². The van der Waals surface area contributed by atoms with E-state index in [-0.39, 0.29) is 12.4 Å². The topological polar surface area (TPSA) is 37.8 Å². The van der Waals surface area contributed by atoms with Gasteiger partial charge in [-0.2, -0.15) is 0 Å². The third-order valence-corrected chi connectivity index (χ3v) is 2.83. The van der Waals surface area contributed by atoms with Crippen molar-refractivity contribution in [3.8, 4) is 0 Å². The van der Waals surface area contributed by atoms with Crippen LogP contribution in [0.15, 0.2) is 24.3 Å². The van der Waals surface area contributed by atoms with Gasteiger partial charge in [-0.25, -0.2) is 9.97 Å². The number of halogens is 1. The summed E-state index contributed by atoms with van der Waals surface area (Å²) in [5.41, 5.74) is 4.60. The summed E-state index contributed by atoms with van der Waals surface area (Å²) >= 11 is 0. The molecule has 0 radical (unpaired) electrons. The number of nitrogens with zero attached hydrogens (tertiary/aromatic N) is 2. The van der Waals surface area contributed by atoms with Gasteiger partial charge in [0.1, 0.15) is 11.6 Å². The molecule has 1 aromatic carbocycles. The van der Waals surface area contributed by atoms with E-state index in [2.05, 4.69) is 41.3 Å². The van der Waals surface area contributed by atoms with E-state index in [0.717, 1.165) is 23.0 Å². The third kappa shape index (κ3) is 3.20. The lowest BCUT2D eigenvalue weighted by atomic mass is 10.1. The summed E-state index contributed by atoms with van der Waals surface area (Å²) in [7, 11) is 0. The molecule has 0 saturated heterocycles. The van der Waals surface area contributed by atoms with Crippen LogP contribution in [-0.4, -0.2) is 9.97 Å². The highest BCUT2D eigenvalue weighted by atomic mass is 35.5. The highest BCUT2D eigenvalue weighted by molar-refractivity contribution is 5.85. The first-order valence-electron chi connectivity index (χ1n) is 5.72. The van der Waals surface area contributed by atoms with E-state index in [1.54, 1.807) is 0 Å². The molecule has 0 fully saturated rings. The SMILES string of the molecule is Cc1cc(Nc2cccc(C)c2C)nc(C)n1.Cl. The minimum Gasteiger partial charge on any atom is -0.340 e. The predicted molar refractivity (Wildman–Crippen MR) is 78.0 cm³/mol. The van der Waals surface area contributed by atoms with Crippen LogP contribution in [0.5, 0.6) is 0 Å². The molecule has 4 heteroatoms. The maximum absolute atomic E-state index is 4.38. The first kappa shape index (κ1) is 14.5. The molecule has 0 spiro atoms. The van der Waals surface area contributed by atoms with Crippen LogP contribution in [0.4, 0.5) is 11.5 Å². The molecule has 0 amide bonds. The fraction of sp³-hybridized carbons (Fsp3) is 0.286. The lowest BCUT2D eigenvalue weighted by molar-refractivity contribution is 1.01. The molecular formula is C14H18ClN3. The zero-order chi connectivity index (χ0) is 12.4. The maximum atomic E-state index is 4.38. The maximum Gasteiger partial charge on any atom is 0.134 e. The normalized spacial score (nSPS) is 9.78. The molecular weight excluding hydrogens is 246 g/mol. The van der Waals surface area contributed by atoms with Gasteiger partial charge in [-0.05, 0) is 44.9 Å². The van der Waals surface area contributed by atoms with Crippen molar-refractivity contribution < 1.29 is 0 Å². The van der Waals surface area contributed by atoms with Crippen LogP contribution in [0.1, 0.15) is 22.6 Å². The third-order valence-electron chi connectivity index (χ3n) is 2.83. The second kappa shape index (κ2) is 5.83. The van der Waals surface area contributed by atoms with Gasteiger partial charge in [0, 0.05) is 17.4 Å². The van der Waals surface area contributed by atoms with E-state index in [0.29, 0.717) is 0 Å². The van der Waals surface area contributed by atoms with Gasteiger partial charge >= 0.3 is 0 Å². The first-order chi connectivity index (χ1) is 8.06. The Balaban J connectivity index is 0.00000162. The van der Waals surface area contributed by atoms with Crippen LogP contribution < -0.4 is 5.32 Å². The number of hydrogen-bond donors (Lipinski definition) is 1. The van der Waals surface area contributed by atoms with Crippen LogP contribution in [0.2, 0.25) is 0 Å². The Bertz CT molecular complexity index is 532. The summed E-state index contributed by atoms with van der Waals surface area (Å²) in [6, 6.07) is 8.17. The predicted octanol–water partition coefficient (Wildman–Crippen LogP) is 3.88. The van der Waals surface area contributed by atoms with E-state index in [4.69, 9.17) is 0 Å². The van der Waals surface area contributed by atoms with Crippen LogP contribution in [-0.2, 0) is 0 Å². The van der Waals surface area contributed by atoms with Crippen molar-refractivity contribution in [1.29, 1.82) is 0 Å². The molecule has 96 valence electrons. The molecule has 0 aliphatic heterocycles. The van der Waals surface area contributed by atoms with E-state index < -0.39 is 0 Å². The highest BCUT2D eigenvalue weighted by Gasteiger charge is 2.03. The Labute approximate surface area is 114 Å². The molecule has 0 bridgehead atoms. The molecule has 0 aliphatic carbocycles. The average Bonchev–Trinajstić information content (AvgIpc) is 2.23. The number of aryl methyl sites for hydroxylation is 3. The van der Waals surface area contributed by atoms with Crippen LogP contribution >= 0.6 is 12.4 Å².